The minimum atomic E-state index is 0.494. The van der Waals surface area contributed by atoms with E-state index >= 15 is 0 Å². The summed E-state index contributed by atoms with van der Waals surface area (Å²) in [4.78, 5) is 13.6. The number of methoxy groups -OCH3 is 1. The zero-order valence-corrected chi connectivity index (χ0v) is 17.9. The number of anilines is 2. The number of rotatable bonds is 9. The van der Waals surface area contributed by atoms with Crippen molar-refractivity contribution in [3.63, 3.8) is 0 Å². The van der Waals surface area contributed by atoms with E-state index in [1.165, 1.54) is 5.69 Å². The Labute approximate surface area is 183 Å². The average Bonchev–Trinajstić information content (AvgIpc) is 2.84. The van der Waals surface area contributed by atoms with Crippen molar-refractivity contribution in [3.8, 4) is 11.6 Å². The Kier molecular flexibility index (Phi) is 7.18. The van der Waals surface area contributed by atoms with Gasteiger partial charge < -0.3 is 19.7 Å². The number of para-hydroxylation sites is 2. The maximum Gasteiger partial charge on any atom is 0.225 e. The molecule has 1 aromatic heterocycles. The van der Waals surface area contributed by atoms with E-state index in [1.54, 1.807) is 19.4 Å². The second-order valence-electron chi connectivity index (χ2n) is 7.42. The lowest BCUT2D eigenvalue weighted by atomic mass is 10.2. The second-order valence-corrected chi connectivity index (χ2v) is 7.42. The zero-order valence-electron chi connectivity index (χ0n) is 17.9. The molecule has 7 nitrogen and oxygen atoms in total. The molecule has 0 unspecified atom stereocenters. The van der Waals surface area contributed by atoms with Crippen LogP contribution in [-0.2, 0) is 6.61 Å². The van der Waals surface area contributed by atoms with Crippen LogP contribution < -0.4 is 19.7 Å². The molecule has 0 atom stereocenters. The Morgan fingerprint density at radius 3 is 2.52 bits per heavy atom. The molecule has 4 rings (SSSR count). The molecule has 0 bridgehead atoms. The van der Waals surface area contributed by atoms with Crippen molar-refractivity contribution in [2.24, 2.45) is 0 Å². The summed E-state index contributed by atoms with van der Waals surface area (Å²) in [5.74, 6) is 2.11. The first-order valence-electron chi connectivity index (χ1n) is 10.7. The van der Waals surface area contributed by atoms with E-state index in [0.717, 1.165) is 50.6 Å². The normalized spacial score (nSPS) is 14.3. The Balaban J connectivity index is 1.20. The molecule has 0 radical (unpaired) electrons. The number of nitrogens with one attached hydrogen (secondary N) is 1. The van der Waals surface area contributed by atoms with E-state index in [4.69, 9.17) is 9.47 Å². The molecule has 1 aliphatic rings. The third kappa shape index (κ3) is 5.86. The summed E-state index contributed by atoms with van der Waals surface area (Å²) < 4.78 is 11.3. The SMILES string of the molecule is COc1ccccc1N1CCN(CCNc2nccc(OCc3ccccc3)n2)CC1. The minimum absolute atomic E-state index is 0.494. The Morgan fingerprint density at radius 2 is 1.71 bits per heavy atom. The van der Waals surface area contributed by atoms with Crippen LogP contribution in [0.1, 0.15) is 5.56 Å². The molecule has 0 aliphatic carbocycles. The van der Waals surface area contributed by atoms with Crippen molar-refractivity contribution in [2.75, 3.05) is 56.6 Å². The van der Waals surface area contributed by atoms with Crippen LogP contribution in [0.4, 0.5) is 11.6 Å². The number of nitrogens with zero attached hydrogens (tertiary/aromatic N) is 4. The first-order valence-corrected chi connectivity index (χ1v) is 10.7. The maximum absolute atomic E-state index is 5.78. The van der Waals surface area contributed by atoms with Crippen LogP contribution in [-0.4, -0.2) is 61.2 Å². The number of benzene rings is 2. The van der Waals surface area contributed by atoms with Crippen LogP contribution >= 0.6 is 0 Å². The molecule has 1 fully saturated rings. The fraction of sp³-hybridized carbons (Fsp3) is 0.333. The van der Waals surface area contributed by atoms with Gasteiger partial charge >= 0.3 is 0 Å². The highest BCUT2D eigenvalue weighted by Gasteiger charge is 2.19. The smallest absolute Gasteiger partial charge is 0.225 e. The molecular weight excluding hydrogens is 390 g/mol. The molecule has 1 saturated heterocycles. The summed E-state index contributed by atoms with van der Waals surface area (Å²) in [5.41, 5.74) is 2.28. The Morgan fingerprint density at radius 1 is 0.935 bits per heavy atom. The fourth-order valence-corrected chi connectivity index (χ4v) is 3.67. The summed E-state index contributed by atoms with van der Waals surface area (Å²) >= 11 is 0. The van der Waals surface area contributed by atoms with E-state index in [-0.39, 0.29) is 0 Å². The molecule has 2 aromatic carbocycles. The fourth-order valence-electron chi connectivity index (χ4n) is 3.67. The third-order valence-corrected chi connectivity index (χ3v) is 5.37. The molecule has 31 heavy (non-hydrogen) atoms. The highest BCUT2D eigenvalue weighted by molar-refractivity contribution is 5.58. The number of hydrogen-bond donors (Lipinski definition) is 1. The van der Waals surface area contributed by atoms with Gasteiger partial charge in [-0.05, 0) is 17.7 Å². The summed E-state index contributed by atoms with van der Waals surface area (Å²) in [6, 6.07) is 20.1. The number of ether oxygens (including phenoxy) is 2. The van der Waals surface area contributed by atoms with Gasteiger partial charge in [0.15, 0.2) is 0 Å². The van der Waals surface area contributed by atoms with Crippen LogP contribution in [0.25, 0.3) is 0 Å². The van der Waals surface area contributed by atoms with Gasteiger partial charge in [0, 0.05) is 51.5 Å². The zero-order chi connectivity index (χ0) is 21.3. The third-order valence-electron chi connectivity index (χ3n) is 5.37. The number of piperazine rings is 1. The number of aromatic nitrogens is 2. The number of hydrogen-bond acceptors (Lipinski definition) is 7. The van der Waals surface area contributed by atoms with Crippen molar-refractivity contribution in [1.82, 2.24) is 14.9 Å². The monoisotopic (exact) mass is 419 g/mol. The molecule has 7 heteroatoms. The van der Waals surface area contributed by atoms with E-state index in [2.05, 4.69) is 37.2 Å². The van der Waals surface area contributed by atoms with Crippen molar-refractivity contribution >= 4 is 11.6 Å². The molecule has 0 saturated carbocycles. The standard InChI is InChI=1S/C24H29N5O2/c1-30-22-10-6-5-9-21(22)29-17-15-28(16-18-29)14-13-26-24-25-12-11-23(27-24)31-19-20-7-3-2-4-8-20/h2-12H,13-19H2,1H3,(H,25,26,27). The van der Waals surface area contributed by atoms with Crippen molar-refractivity contribution < 1.29 is 9.47 Å². The van der Waals surface area contributed by atoms with Crippen LogP contribution in [0.15, 0.2) is 66.9 Å². The summed E-state index contributed by atoms with van der Waals surface area (Å²) in [7, 11) is 1.73. The topological polar surface area (TPSA) is 62.8 Å². The van der Waals surface area contributed by atoms with Gasteiger partial charge in [0.2, 0.25) is 11.8 Å². The highest BCUT2D eigenvalue weighted by Crippen LogP contribution is 2.28. The van der Waals surface area contributed by atoms with Crippen LogP contribution in [0.5, 0.6) is 11.6 Å². The second kappa shape index (κ2) is 10.6. The predicted molar refractivity (Wildman–Crippen MR) is 123 cm³/mol. The van der Waals surface area contributed by atoms with Gasteiger partial charge in [-0.3, -0.25) is 4.90 Å². The van der Waals surface area contributed by atoms with Gasteiger partial charge in [0.25, 0.3) is 0 Å². The summed E-state index contributed by atoms with van der Waals surface area (Å²) in [5, 5.41) is 3.31. The van der Waals surface area contributed by atoms with Crippen molar-refractivity contribution in [3.05, 3.63) is 72.4 Å². The molecule has 2 heterocycles. The molecule has 162 valence electrons. The van der Waals surface area contributed by atoms with E-state index in [1.807, 2.05) is 42.5 Å². The van der Waals surface area contributed by atoms with Crippen molar-refractivity contribution in [2.45, 2.75) is 6.61 Å². The maximum atomic E-state index is 5.78. The van der Waals surface area contributed by atoms with Gasteiger partial charge in [-0.25, -0.2) is 4.98 Å². The Hall–Kier alpha value is -3.32. The first kappa shape index (κ1) is 20.9. The summed E-state index contributed by atoms with van der Waals surface area (Å²) in [6.45, 7) is 6.23. The van der Waals surface area contributed by atoms with Crippen LogP contribution in [0.2, 0.25) is 0 Å². The van der Waals surface area contributed by atoms with Gasteiger partial charge in [0.1, 0.15) is 12.4 Å². The quantitative estimate of drug-likeness (QED) is 0.571. The van der Waals surface area contributed by atoms with Crippen LogP contribution in [0, 0.1) is 0 Å². The lowest BCUT2D eigenvalue weighted by molar-refractivity contribution is 0.266. The van der Waals surface area contributed by atoms with Gasteiger partial charge in [-0.2, -0.15) is 4.98 Å². The molecule has 0 spiro atoms. The largest absolute Gasteiger partial charge is 0.495 e. The summed E-state index contributed by atoms with van der Waals surface area (Å²) in [6.07, 6.45) is 1.72. The van der Waals surface area contributed by atoms with E-state index in [9.17, 15) is 0 Å². The lowest BCUT2D eigenvalue weighted by Crippen LogP contribution is -2.47. The molecule has 3 aromatic rings. The van der Waals surface area contributed by atoms with E-state index < -0.39 is 0 Å². The van der Waals surface area contributed by atoms with Gasteiger partial charge in [0.05, 0.1) is 12.8 Å². The minimum Gasteiger partial charge on any atom is -0.495 e. The molecule has 1 N–H and O–H groups in total. The Bertz CT molecular complexity index is 945. The molecular formula is C24H29N5O2. The predicted octanol–water partition coefficient (Wildman–Crippen LogP) is 3.30. The van der Waals surface area contributed by atoms with Crippen LogP contribution in [0.3, 0.4) is 0 Å². The van der Waals surface area contributed by atoms with E-state index in [0.29, 0.717) is 18.4 Å². The van der Waals surface area contributed by atoms with Gasteiger partial charge in [-0.15, -0.1) is 0 Å². The highest BCUT2D eigenvalue weighted by atomic mass is 16.5. The average molecular weight is 420 g/mol. The van der Waals surface area contributed by atoms with Crippen molar-refractivity contribution in [1.29, 1.82) is 0 Å². The first-order chi connectivity index (χ1) is 15.3. The lowest BCUT2D eigenvalue weighted by Gasteiger charge is -2.36. The molecule has 1 aliphatic heterocycles. The molecule has 0 amide bonds. The van der Waals surface area contributed by atoms with Gasteiger partial charge in [-0.1, -0.05) is 42.5 Å².